The molecular formula is C33H36ClN7O2. The lowest BCUT2D eigenvalue weighted by Crippen LogP contribution is -2.62. The number of hydrogen-bond donors (Lipinski definition) is 2. The lowest BCUT2D eigenvalue weighted by atomic mass is 9.85. The average molecular weight is 598 g/mol. The number of piperazine rings is 1. The Morgan fingerprint density at radius 3 is 2.44 bits per heavy atom. The lowest BCUT2D eigenvalue weighted by Gasteiger charge is -2.39. The highest BCUT2D eigenvalue weighted by Crippen LogP contribution is 2.25. The smallest absolute Gasteiger partial charge is 0.245 e. The number of fused-ring (bicyclic) bond motifs is 1. The van der Waals surface area contributed by atoms with E-state index in [9.17, 15) is 9.59 Å². The average Bonchev–Trinajstić information content (AvgIpc) is 3.55. The number of halogens is 1. The molecule has 2 N–H and O–H groups in total. The number of rotatable bonds is 8. The molecule has 0 spiro atoms. The van der Waals surface area contributed by atoms with Gasteiger partial charge in [-0.2, -0.15) is 5.10 Å². The zero-order valence-electron chi connectivity index (χ0n) is 24.2. The Morgan fingerprint density at radius 2 is 1.70 bits per heavy atom. The van der Waals surface area contributed by atoms with Crippen molar-refractivity contribution < 1.29 is 9.59 Å². The maximum absolute atomic E-state index is 14.0. The van der Waals surface area contributed by atoms with Gasteiger partial charge < -0.3 is 15.1 Å². The molecule has 3 aromatic carbocycles. The van der Waals surface area contributed by atoms with Gasteiger partial charge in [0.15, 0.2) is 0 Å². The number of para-hydroxylation sites is 1. The van der Waals surface area contributed by atoms with E-state index in [4.69, 9.17) is 11.6 Å². The molecule has 222 valence electrons. The van der Waals surface area contributed by atoms with E-state index in [0.717, 1.165) is 22.4 Å². The number of benzene rings is 3. The molecule has 2 unspecified atom stereocenters. The Balaban J connectivity index is 1.16. The monoisotopic (exact) mass is 597 g/mol. The van der Waals surface area contributed by atoms with Gasteiger partial charge in [-0.25, -0.2) is 9.67 Å². The van der Waals surface area contributed by atoms with Crippen molar-refractivity contribution in [1.82, 2.24) is 30.3 Å². The first-order valence-electron chi connectivity index (χ1n) is 14.7. The third kappa shape index (κ3) is 6.58. The van der Waals surface area contributed by atoms with Gasteiger partial charge >= 0.3 is 0 Å². The number of carbonyl (C=O) groups excluding carboxylic acids is 2. The summed E-state index contributed by atoms with van der Waals surface area (Å²) >= 11 is 6.13. The first kappa shape index (κ1) is 28.9. The summed E-state index contributed by atoms with van der Waals surface area (Å²) < 4.78 is 1.81. The van der Waals surface area contributed by atoms with Gasteiger partial charge in [-0.3, -0.25) is 14.9 Å². The van der Waals surface area contributed by atoms with Crippen molar-refractivity contribution in [3.63, 3.8) is 0 Å². The molecule has 2 amide bonds. The highest BCUT2D eigenvalue weighted by molar-refractivity contribution is 6.30. The molecule has 43 heavy (non-hydrogen) atoms. The quantitative estimate of drug-likeness (QED) is 0.323. The molecule has 10 heteroatoms. The molecule has 1 fully saturated rings. The molecule has 9 nitrogen and oxygen atoms in total. The maximum atomic E-state index is 14.0. The number of aromatic nitrogens is 3. The standard InChI is InChI=1S/C33H36ClN7O2/c1-33(19-25-6-2-3-7-26(25)20-36-33)32(43)38-29(18-24-10-12-28(34)13-11-24)31(42)40-16-14-39(15-17-40)30-9-5-4-8-27(30)21-41-23-35-22-37-41/h2-13,22-23,29,36H,14-21H2,1H3,(H,38,43). The van der Waals surface area contributed by atoms with Gasteiger partial charge in [-0.15, -0.1) is 0 Å². The predicted molar refractivity (Wildman–Crippen MR) is 167 cm³/mol. The van der Waals surface area contributed by atoms with Crippen molar-refractivity contribution in [3.05, 3.63) is 113 Å². The molecule has 6 rings (SSSR count). The summed E-state index contributed by atoms with van der Waals surface area (Å²) in [4.78, 5) is 36.1. The van der Waals surface area contributed by atoms with Crippen molar-refractivity contribution >= 4 is 29.1 Å². The van der Waals surface area contributed by atoms with Gasteiger partial charge in [0.25, 0.3) is 0 Å². The molecule has 0 bridgehead atoms. The largest absolute Gasteiger partial charge is 0.368 e. The van der Waals surface area contributed by atoms with Crippen molar-refractivity contribution in [2.45, 2.75) is 44.4 Å². The van der Waals surface area contributed by atoms with Crippen LogP contribution in [-0.2, 0) is 35.5 Å². The molecule has 2 atom stereocenters. The van der Waals surface area contributed by atoms with Crippen molar-refractivity contribution in [3.8, 4) is 0 Å². The van der Waals surface area contributed by atoms with Gasteiger partial charge in [0.1, 0.15) is 18.7 Å². The Morgan fingerprint density at radius 1 is 0.977 bits per heavy atom. The van der Waals surface area contributed by atoms with E-state index in [1.54, 1.807) is 6.33 Å². The molecule has 3 heterocycles. The van der Waals surface area contributed by atoms with Gasteiger partial charge in [0.2, 0.25) is 11.8 Å². The summed E-state index contributed by atoms with van der Waals surface area (Å²) in [5.74, 6) is -0.242. The van der Waals surface area contributed by atoms with E-state index in [-0.39, 0.29) is 11.8 Å². The molecule has 2 aliphatic rings. The fourth-order valence-corrected chi connectivity index (χ4v) is 6.13. The first-order chi connectivity index (χ1) is 20.9. The minimum Gasteiger partial charge on any atom is -0.368 e. The SMILES string of the molecule is CC1(C(=O)NC(Cc2ccc(Cl)cc2)C(=O)N2CCN(c3ccccc3Cn3cncn3)CC2)Cc2ccccc2CN1. The Kier molecular flexibility index (Phi) is 8.44. The van der Waals surface area contributed by atoms with Crippen LogP contribution < -0.4 is 15.5 Å². The van der Waals surface area contributed by atoms with Gasteiger partial charge in [-0.05, 0) is 53.8 Å². The van der Waals surface area contributed by atoms with Crippen LogP contribution >= 0.6 is 11.6 Å². The second-order valence-corrected chi connectivity index (χ2v) is 12.0. The highest BCUT2D eigenvalue weighted by atomic mass is 35.5. The molecule has 0 radical (unpaired) electrons. The summed E-state index contributed by atoms with van der Waals surface area (Å²) in [6.45, 7) is 5.66. The molecule has 1 saturated heterocycles. The van der Waals surface area contributed by atoms with Crippen LogP contribution in [0.3, 0.4) is 0 Å². The van der Waals surface area contributed by atoms with E-state index in [1.807, 2.05) is 65.0 Å². The maximum Gasteiger partial charge on any atom is 0.245 e. The van der Waals surface area contributed by atoms with E-state index in [0.29, 0.717) is 57.1 Å². The van der Waals surface area contributed by atoms with Crippen LogP contribution in [0.5, 0.6) is 0 Å². The second-order valence-electron chi connectivity index (χ2n) is 11.5. The molecule has 4 aromatic rings. The van der Waals surface area contributed by atoms with Crippen LogP contribution in [0.2, 0.25) is 5.02 Å². The first-order valence-corrected chi connectivity index (χ1v) is 15.1. The highest BCUT2D eigenvalue weighted by Gasteiger charge is 2.39. The fourth-order valence-electron chi connectivity index (χ4n) is 6.00. The van der Waals surface area contributed by atoms with Crippen LogP contribution in [0, 0.1) is 0 Å². The Bertz CT molecular complexity index is 1570. The Labute approximate surface area is 256 Å². The molecule has 1 aromatic heterocycles. The third-order valence-electron chi connectivity index (χ3n) is 8.51. The van der Waals surface area contributed by atoms with Crippen molar-refractivity contribution in [1.29, 1.82) is 0 Å². The number of nitrogens with one attached hydrogen (secondary N) is 2. The summed E-state index contributed by atoms with van der Waals surface area (Å²) in [7, 11) is 0. The molecule has 0 aliphatic carbocycles. The molecule has 0 saturated carbocycles. The summed E-state index contributed by atoms with van der Waals surface area (Å²) in [6, 6.07) is 23.2. The summed E-state index contributed by atoms with van der Waals surface area (Å²) in [5.41, 5.74) is 4.75. The topological polar surface area (TPSA) is 95.4 Å². The van der Waals surface area contributed by atoms with Crippen LogP contribution in [0.15, 0.2) is 85.5 Å². The number of hydrogen-bond acceptors (Lipinski definition) is 6. The predicted octanol–water partition coefficient (Wildman–Crippen LogP) is 3.46. The second kappa shape index (κ2) is 12.6. The van der Waals surface area contributed by atoms with Gasteiger partial charge in [0, 0.05) is 49.9 Å². The minimum absolute atomic E-state index is 0.0707. The van der Waals surface area contributed by atoms with Crippen molar-refractivity contribution in [2.24, 2.45) is 0 Å². The van der Waals surface area contributed by atoms with Crippen LogP contribution in [0.25, 0.3) is 0 Å². The van der Waals surface area contributed by atoms with Gasteiger partial charge in [0.05, 0.1) is 12.1 Å². The van der Waals surface area contributed by atoms with Crippen LogP contribution in [-0.4, -0.2) is 69.2 Å². The Hall–Kier alpha value is -4.21. The number of carbonyl (C=O) groups is 2. The summed E-state index contributed by atoms with van der Waals surface area (Å²) in [5, 5.41) is 11.4. The zero-order valence-corrected chi connectivity index (χ0v) is 25.0. The number of anilines is 1. The van der Waals surface area contributed by atoms with Crippen LogP contribution in [0.1, 0.15) is 29.2 Å². The normalized spacial score (nSPS) is 19.0. The molecular weight excluding hydrogens is 562 g/mol. The van der Waals surface area contributed by atoms with E-state index in [1.165, 1.54) is 11.9 Å². The molecule has 2 aliphatic heterocycles. The van der Waals surface area contributed by atoms with Crippen LogP contribution in [0.4, 0.5) is 5.69 Å². The summed E-state index contributed by atoms with van der Waals surface area (Å²) in [6.07, 6.45) is 4.19. The van der Waals surface area contributed by atoms with Crippen molar-refractivity contribution in [2.75, 3.05) is 31.1 Å². The lowest BCUT2D eigenvalue weighted by molar-refractivity contribution is -0.138. The van der Waals surface area contributed by atoms with E-state index >= 15 is 0 Å². The number of amides is 2. The minimum atomic E-state index is -0.820. The fraction of sp³-hybridized carbons (Fsp3) is 0.333. The van der Waals surface area contributed by atoms with E-state index in [2.05, 4.69) is 49.9 Å². The van der Waals surface area contributed by atoms with E-state index < -0.39 is 11.6 Å². The third-order valence-corrected chi connectivity index (χ3v) is 8.76. The zero-order chi connectivity index (χ0) is 29.8. The van der Waals surface area contributed by atoms with Gasteiger partial charge in [-0.1, -0.05) is 66.2 Å². The number of nitrogens with zero attached hydrogens (tertiary/aromatic N) is 5.